The zero-order valence-electron chi connectivity index (χ0n) is 17.4. The van der Waals surface area contributed by atoms with Gasteiger partial charge in [-0.25, -0.2) is 9.78 Å². The van der Waals surface area contributed by atoms with Crippen LogP contribution in [-0.2, 0) is 0 Å². The van der Waals surface area contributed by atoms with E-state index in [1.807, 2.05) is 61.5 Å². The molecule has 1 N–H and O–H groups in total. The first-order valence-electron chi connectivity index (χ1n) is 10.3. The lowest BCUT2D eigenvalue weighted by Crippen LogP contribution is -2.22. The molecule has 160 valence electrons. The molecule has 0 saturated carbocycles. The average Bonchev–Trinajstić information content (AvgIpc) is 3.41. The van der Waals surface area contributed by atoms with Crippen molar-refractivity contribution in [2.45, 2.75) is 6.92 Å². The fourth-order valence-corrected chi connectivity index (χ4v) is 4.83. The van der Waals surface area contributed by atoms with Crippen LogP contribution < -0.4 is 10.9 Å². The van der Waals surface area contributed by atoms with Crippen molar-refractivity contribution in [1.29, 1.82) is 0 Å². The molecule has 0 radical (unpaired) electrons. The van der Waals surface area contributed by atoms with Gasteiger partial charge in [-0.3, -0.25) is 4.79 Å². The first-order valence-corrected chi connectivity index (χ1v) is 11.1. The number of carbonyl (C=O) groups excluding carboxylic acids is 1. The van der Waals surface area contributed by atoms with Crippen molar-refractivity contribution in [3.05, 3.63) is 94.5 Å². The fraction of sp³-hybridized carbons (Fsp3) is 0.0400. The van der Waals surface area contributed by atoms with E-state index in [-0.39, 0.29) is 5.56 Å². The van der Waals surface area contributed by atoms with Gasteiger partial charge in [0, 0.05) is 11.5 Å². The predicted molar refractivity (Wildman–Crippen MR) is 129 cm³/mol. The van der Waals surface area contributed by atoms with Crippen LogP contribution in [0, 0.1) is 6.92 Å². The number of hydrogen-bond donors (Lipinski definition) is 1. The average molecular weight is 452 g/mol. The van der Waals surface area contributed by atoms with Gasteiger partial charge in [-0.2, -0.15) is 9.78 Å². The highest BCUT2D eigenvalue weighted by Crippen LogP contribution is 2.28. The number of hydrogen-bond acceptors (Lipinski definition) is 6. The van der Waals surface area contributed by atoms with Crippen LogP contribution in [0.2, 0.25) is 0 Å². The summed E-state index contributed by atoms with van der Waals surface area (Å²) in [5.74, 6) is -0.144. The van der Waals surface area contributed by atoms with Crippen molar-refractivity contribution in [3.8, 4) is 5.13 Å². The molecule has 3 aromatic carbocycles. The van der Waals surface area contributed by atoms with Gasteiger partial charge in [0.15, 0.2) is 0 Å². The zero-order valence-corrected chi connectivity index (χ0v) is 18.2. The number of aromatic nitrogens is 3. The molecule has 0 aliphatic heterocycles. The molecular weight excluding hydrogens is 436 g/mol. The van der Waals surface area contributed by atoms with E-state index in [0.717, 1.165) is 21.0 Å². The van der Waals surface area contributed by atoms with Gasteiger partial charge >= 0.3 is 5.63 Å². The Kier molecular flexibility index (Phi) is 4.34. The van der Waals surface area contributed by atoms with E-state index in [1.54, 1.807) is 22.9 Å². The minimum Gasteiger partial charge on any atom is -0.422 e. The van der Waals surface area contributed by atoms with Gasteiger partial charge in [-0.1, -0.05) is 53.8 Å². The number of benzene rings is 3. The molecule has 0 bridgehead atoms. The summed E-state index contributed by atoms with van der Waals surface area (Å²) in [6, 6.07) is 22.5. The molecule has 3 heterocycles. The standard InChI is InChI=1S/C25H16N4O3S/c1-14-12-22(29(28-14)25-26-19-8-4-5-9-21(19)33-25)27-23(30)18-13-17-16-7-3-2-6-15(16)10-11-20(17)32-24(18)31/h2-13H,1H3,(H,27,30). The third kappa shape index (κ3) is 3.28. The smallest absolute Gasteiger partial charge is 0.349 e. The lowest BCUT2D eigenvalue weighted by molar-refractivity contribution is 0.102. The first-order chi connectivity index (χ1) is 16.1. The Bertz CT molecular complexity index is 1730. The maximum atomic E-state index is 13.2. The van der Waals surface area contributed by atoms with Gasteiger partial charge < -0.3 is 9.73 Å². The van der Waals surface area contributed by atoms with Crippen LogP contribution in [0.1, 0.15) is 16.1 Å². The molecule has 1 amide bonds. The Morgan fingerprint density at radius 2 is 1.82 bits per heavy atom. The Hall–Kier alpha value is -4.30. The maximum Gasteiger partial charge on any atom is 0.349 e. The maximum absolute atomic E-state index is 13.2. The normalized spacial score (nSPS) is 11.4. The minimum atomic E-state index is -0.696. The monoisotopic (exact) mass is 452 g/mol. The summed E-state index contributed by atoms with van der Waals surface area (Å²) in [6.07, 6.45) is 0. The fourth-order valence-electron chi connectivity index (χ4n) is 3.90. The molecule has 6 aromatic rings. The number of anilines is 1. The highest BCUT2D eigenvalue weighted by Gasteiger charge is 2.19. The summed E-state index contributed by atoms with van der Waals surface area (Å²) < 4.78 is 8.06. The summed E-state index contributed by atoms with van der Waals surface area (Å²) in [7, 11) is 0. The minimum absolute atomic E-state index is 0.0754. The quantitative estimate of drug-likeness (QED) is 0.291. The molecule has 0 spiro atoms. The lowest BCUT2D eigenvalue weighted by Gasteiger charge is -2.07. The van der Waals surface area contributed by atoms with Crippen molar-refractivity contribution in [3.63, 3.8) is 0 Å². The lowest BCUT2D eigenvalue weighted by atomic mass is 10.0. The van der Waals surface area contributed by atoms with Gasteiger partial charge in [0.2, 0.25) is 5.13 Å². The predicted octanol–water partition coefficient (Wildman–Crippen LogP) is 5.30. The van der Waals surface area contributed by atoms with Crippen LogP contribution >= 0.6 is 11.3 Å². The van der Waals surface area contributed by atoms with Crippen molar-refractivity contribution in [1.82, 2.24) is 14.8 Å². The summed E-state index contributed by atoms with van der Waals surface area (Å²) in [5, 5.41) is 10.5. The molecular formula is C25H16N4O3S. The molecule has 0 aliphatic carbocycles. The number of nitrogens with zero attached hydrogens (tertiary/aromatic N) is 3. The molecule has 8 heteroatoms. The molecule has 0 atom stereocenters. The topological polar surface area (TPSA) is 90.0 Å². The van der Waals surface area contributed by atoms with Crippen LogP contribution in [0.3, 0.4) is 0 Å². The van der Waals surface area contributed by atoms with Crippen molar-refractivity contribution >= 4 is 55.0 Å². The van der Waals surface area contributed by atoms with Crippen LogP contribution in [0.4, 0.5) is 5.82 Å². The van der Waals surface area contributed by atoms with Crippen molar-refractivity contribution < 1.29 is 9.21 Å². The van der Waals surface area contributed by atoms with E-state index in [1.165, 1.54) is 11.3 Å². The summed E-state index contributed by atoms with van der Waals surface area (Å²) in [4.78, 5) is 30.4. The van der Waals surface area contributed by atoms with Gasteiger partial charge in [0.25, 0.3) is 5.91 Å². The van der Waals surface area contributed by atoms with E-state index in [9.17, 15) is 9.59 Å². The number of fused-ring (bicyclic) bond motifs is 4. The Morgan fingerprint density at radius 1 is 1.00 bits per heavy atom. The van der Waals surface area contributed by atoms with Gasteiger partial charge in [-0.15, -0.1) is 0 Å². The first kappa shape index (κ1) is 19.4. The van der Waals surface area contributed by atoms with E-state index in [4.69, 9.17) is 4.42 Å². The molecule has 7 nitrogen and oxygen atoms in total. The number of thiazole rings is 1. The van der Waals surface area contributed by atoms with Gasteiger partial charge in [0.1, 0.15) is 17.0 Å². The van der Waals surface area contributed by atoms with Crippen LogP contribution in [-0.4, -0.2) is 20.7 Å². The molecule has 6 rings (SSSR count). The SMILES string of the molecule is Cc1cc(NC(=O)c2cc3c(ccc4ccccc43)oc2=O)n(-c2nc3ccccc3s2)n1. The molecule has 0 fully saturated rings. The summed E-state index contributed by atoms with van der Waals surface area (Å²) in [5.41, 5.74) is 1.23. The highest BCUT2D eigenvalue weighted by atomic mass is 32.1. The van der Waals surface area contributed by atoms with Gasteiger partial charge in [0.05, 0.1) is 15.9 Å². The molecule has 0 saturated heterocycles. The Morgan fingerprint density at radius 3 is 2.70 bits per heavy atom. The number of para-hydroxylation sites is 1. The third-order valence-electron chi connectivity index (χ3n) is 5.42. The second-order valence-electron chi connectivity index (χ2n) is 7.65. The van der Waals surface area contributed by atoms with E-state index >= 15 is 0 Å². The number of carbonyl (C=O) groups is 1. The zero-order chi connectivity index (χ0) is 22.5. The van der Waals surface area contributed by atoms with Crippen LogP contribution in [0.15, 0.2) is 82.0 Å². The second kappa shape index (κ2) is 7.39. The van der Waals surface area contributed by atoms with E-state index in [0.29, 0.717) is 27.6 Å². The van der Waals surface area contributed by atoms with Gasteiger partial charge in [-0.05, 0) is 42.0 Å². The molecule has 33 heavy (non-hydrogen) atoms. The Labute approximate surface area is 190 Å². The van der Waals surface area contributed by atoms with Crippen molar-refractivity contribution in [2.24, 2.45) is 0 Å². The number of aryl methyl sites for hydroxylation is 1. The molecule has 3 aromatic heterocycles. The molecule has 0 aliphatic rings. The summed E-state index contributed by atoms with van der Waals surface area (Å²) >= 11 is 1.47. The second-order valence-corrected chi connectivity index (χ2v) is 8.66. The van der Waals surface area contributed by atoms with Crippen LogP contribution in [0.5, 0.6) is 0 Å². The largest absolute Gasteiger partial charge is 0.422 e. The number of nitrogens with one attached hydrogen (secondary N) is 1. The van der Waals surface area contributed by atoms with Crippen molar-refractivity contribution in [2.75, 3.05) is 5.32 Å². The third-order valence-corrected chi connectivity index (χ3v) is 6.44. The number of amides is 1. The summed E-state index contributed by atoms with van der Waals surface area (Å²) in [6.45, 7) is 1.83. The molecule has 0 unspecified atom stereocenters. The van der Waals surface area contributed by atoms with E-state index < -0.39 is 11.5 Å². The van der Waals surface area contributed by atoms with E-state index in [2.05, 4.69) is 15.4 Å². The Balaban J connectivity index is 1.42. The highest BCUT2D eigenvalue weighted by molar-refractivity contribution is 7.20. The number of rotatable bonds is 3. The van der Waals surface area contributed by atoms with Crippen LogP contribution in [0.25, 0.3) is 37.1 Å².